The molecule has 9 heavy (non-hydrogen) atoms. The van der Waals surface area contributed by atoms with Crippen LogP contribution in [0, 0.1) is 0 Å². The lowest BCUT2D eigenvalue weighted by molar-refractivity contribution is 0.119. The molecule has 1 atom stereocenters. The molecule has 0 bridgehead atoms. The molecular weight excluding hydrogens is 114 g/mol. The van der Waals surface area contributed by atoms with E-state index in [1.54, 1.807) is 0 Å². The Morgan fingerprint density at radius 3 is 2.44 bits per heavy atom. The highest BCUT2D eigenvalue weighted by Crippen LogP contribution is 2.11. The highest BCUT2D eigenvalue weighted by Gasteiger charge is 2.22. The molecule has 0 N–H and O–H groups in total. The number of rotatable bonds is 1. The molecular formula is C7H15NO. The smallest absolute Gasteiger partial charge is 0.0996 e. The third-order valence-electron chi connectivity index (χ3n) is 1.83. The summed E-state index contributed by atoms with van der Waals surface area (Å²) >= 11 is 0. The molecule has 2 nitrogen and oxygen atoms in total. The first-order valence-electron chi connectivity index (χ1n) is 3.55. The van der Waals surface area contributed by atoms with Crippen molar-refractivity contribution in [3.05, 3.63) is 0 Å². The Morgan fingerprint density at radius 2 is 2.22 bits per heavy atom. The molecule has 1 aliphatic rings. The molecule has 0 aromatic heterocycles. The van der Waals surface area contributed by atoms with Crippen LogP contribution in [-0.4, -0.2) is 30.3 Å². The summed E-state index contributed by atoms with van der Waals surface area (Å²) in [6.45, 7) is 8.32. The summed E-state index contributed by atoms with van der Waals surface area (Å²) in [6, 6.07) is 1.24. The van der Waals surface area contributed by atoms with Gasteiger partial charge in [-0.3, -0.25) is 4.90 Å². The van der Waals surface area contributed by atoms with Gasteiger partial charge in [0.05, 0.1) is 13.3 Å². The van der Waals surface area contributed by atoms with Crippen LogP contribution < -0.4 is 0 Å². The summed E-state index contributed by atoms with van der Waals surface area (Å²) in [5.74, 6) is 0. The van der Waals surface area contributed by atoms with Gasteiger partial charge >= 0.3 is 0 Å². The van der Waals surface area contributed by atoms with Crippen LogP contribution in [0.3, 0.4) is 0 Å². The van der Waals surface area contributed by atoms with Gasteiger partial charge in [-0.25, -0.2) is 0 Å². The second-order valence-corrected chi connectivity index (χ2v) is 2.96. The van der Waals surface area contributed by atoms with Gasteiger partial charge in [0.25, 0.3) is 0 Å². The van der Waals surface area contributed by atoms with Crippen LogP contribution in [-0.2, 0) is 4.74 Å². The standard InChI is InChI=1S/C7H15NO/c1-6(2)8-5-9-4-7(8)3/h6-7H,4-5H2,1-3H3. The Kier molecular flexibility index (Phi) is 2.09. The minimum atomic E-state index is 0.616. The van der Waals surface area contributed by atoms with E-state index in [4.69, 9.17) is 4.74 Å². The van der Waals surface area contributed by atoms with Gasteiger partial charge in [0.1, 0.15) is 0 Å². The maximum atomic E-state index is 5.26. The third-order valence-corrected chi connectivity index (χ3v) is 1.83. The van der Waals surface area contributed by atoms with E-state index in [1.807, 2.05) is 0 Å². The number of ether oxygens (including phenoxy) is 1. The van der Waals surface area contributed by atoms with Crippen LogP contribution in [0.2, 0.25) is 0 Å². The maximum absolute atomic E-state index is 5.26. The molecule has 1 heterocycles. The van der Waals surface area contributed by atoms with Gasteiger partial charge in [-0.15, -0.1) is 0 Å². The maximum Gasteiger partial charge on any atom is 0.0996 e. The van der Waals surface area contributed by atoms with Gasteiger partial charge in [0, 0.05) is 12.1 Å². The summed E-state index contributed by atoms with van der Waals surface area (Å²) in [7, 11) is 0. The first-order chi connectivity index (χ1) is 4.22. The second kappa shape index (κ2) is 2.67. The molecule has 1 unspecified atom stereocenters. The van der Waals surface area contributed by atoms with Gasteiger partial charge in [0.15, 0.2) is 0 Å². The zero-order valence-corrected chi connectivity index (χ0v) is 6.42. The zero-order valence-electron chi connectivity index (χ0n) is 6.42. The summed E-state index contributed by atoms with van der Waals surface area (Å²) in [5, 5.41) is 0. The van der Waals surface area contributed by atoms with Gasteiger partial charge < -0.3 is 4.74 Å². The van der Waals surface area contributed by atoms with Crippen molar-refractivity contribution < 1.29 is 4.74 Å². The third kappa shape index (κ3) is 1.43. The van der Waals surface area contributed by atoms with Gasteiger partial charge in [0.2, 0.25) is 0 Å². The normalized spacial score (nSPS) is 30.0. The van der Waals surface area contributed by atoms with Crippen LogP contribution >= 0.6 is 0 Å². The van der Waals surface area contributed by atoms with Crippen molar-refractivity contribution in [1.82, 2.24) is 4.90 Å². The van der Waals surface area contributed by atoms with Crippen LogP contribution in [0.15, 0.2) is 0 Å². The number of hydrogen-bond acceptors (Lipinski definition) is 2. The molecule has 1 fully saturated rings. The molecule has 0 saturated carbocycles. The highest BCUT2D eigenvalue weighted by atomic mass is 16.5. The Balaban J connectivity index is 2.40. The van der Waals surface area contributed by atoms with E-state index in [-0.39, 0.29) is 0 Å². The van der Waals surface area contributed by atoms with E-state index < -0.39 is 0 Å². The van der Waals surface area contributed by atoms with Crippen molar-refractivity contribution in [1.29, 1.82) is 0 Å². The van der Waals surface area contributed by atoms with Crippen molar-refractivity contribution in [2.24, 2.45) is 0 Å². The minimum Gasteiger partial charge on any atom is -0.364 e. The van der Waals surface area contributed by atoms with Crippen molar-refractivity contribution in [3.8, 4) is 0 Å². The zero-order chi connectivity index (χ0) is 6.85. The molecule has 54 valence electrons. The predicted octanol–water partition coefficient (Wildman–Crippen LogP) is 1.07. The number of hydrogen-bond donors (Lipinski definition) is 0. The summed E-state index contributed by atoms with van der Waals surface area (Å²) in [4.78, 5) is 2.35. The van der Waals surface area contributed by atoms with E-state index in [1.165, 1.54) is 0 Å². The topological polar surface area (TPSA) is 12.5 Å². The van der Waals surface area contributed by atoms with Gasteiger partial charge in [-0.2, -0.15) is 0 Å². The molecule has 0 aromatic carbocycles. The number of nitrogens with zero attached hydrogens (tertiary/aromatic N) is 1. The SMILES string of the molecule is CC(C)N1COCC1C. The first-order valence-corrected chi connectivity index (χ1v) is 3.55. The molecule has 0 amide bonds. The summed E-state index contributed by atoms with van der Waals surface area (Å²) < 4.78 is 5.26. The van der Waals surface area contributed by atoms with E-state index in [2.05, 4.69) is 25.7 Å². The second-order valence-electron chi connectivity index (χ2n) is 2.96. The minimum absolute atomic E-state index is 0.616. The van der Waals surface area contributed by atoms with E-state index in [9.17, 15) is 0 Å². The van der Waals surface area contributed by atoms with Crippen molar-refractivity contribution in [2.45, 2.75) is 32.9 Å². The fraction of sp³-hybridized carbons (Fsp3) is 1.00. The highest BCUT2D eigenvalue weighted by molar-refractivity contribution is 4.71. The fourth-order valence-electron chi connectivity index (χ4n) is 1.21. The van der Waals surface area contributed by atoms with Gasteiger partial charge in [-0.1, -0.05) is 0 Å². The lowest BCUT2D eigenvalue weighted by Crippen LogP contribution is -2.34. The Labute approximate surface area is 56.8 Å². The molecule has 1 rings (SSSR count). The molecule has 0 aliphatic carbocycles. The van der Waals surface area contributed by atoms with E-state index >= 15 is 0 Å². The molecule has 2 heteroatoms. The Hall–Kier alpha value is -0.0800. The molecule has 0 radical (unpaired) electrons. The largest absolute Gasteiger partial charge is 0.364 e. The summed E-state index contributed by atoms with van der Waals surface area (Å²) in [6.07, 6.45) is 0. The van der Waals surface area contributed by atoms with Crippen LogP contribution in [0.25, 0.3) is 0 Å². The van der Waals surface area contributed by atoms with Crippen LogP contribution in [0.4, 0.5) is 0 Å². The predicted molar refractivity (Wildman–Crippen MR) is 37.3 cm³/mol. The average Bonchev–Trinajstić information content (AvgIpc) is 2.13. The van der Waals surface area contributed by atoms with Crippen LogP contribution in [0.1, 0.15) is 20.8 Å². The molecule has 0 aromatic rings. The quantitative estimate of drug-likeness (QED) is 0.525. The molecule has 1 aliphatic heterocycles. The van der Waals surface area contributed by atoms with Gasteiger partial charge in [-0.05, 0) is 20.8 Å². The summed E-state index contributed by atoms with van der Waals surface area (Å²) in [5.41, 5.74) is 0. The molecule has 1 saturated heterocycles. The lowest BCUT2D eigenvalue weighted by Gasteiger charge is -2.22. The lowest BCUT2D eigenvalue weighted by atomic mass is 10.2. The van der Waals surface area contributed by atoms with Crippen LogP contribution in [0.5, 0.6) is 0 Å². The Bertz CT molecular complexity index is 92.9. The monoisotopic (exact) mass is 129 g/mol. The van der Waals surface area contributed by atoms with Crippen molar-refractivity contribution in [3.63, 3.8) is 0 Å². The van der Waals surface area contributed by atoms with E-state index in [0.717, 1.165) is 13.3 Å². The van der Waals surface area contributed by atoms with Crippen molar-refractivity contribution in [2.75, 3.05) is 13.3 Å². The Morgan fingerprint density at radius 1 is 1.56 bits per heavy atom. The first kappa shape index (κ1) is 7.03. The fourth-order valence-corrected chi connectivity index (χ4v) is 1.21. The van der Waals surface area contributed by atoms with E-state index in [0.29, 0.717) is 12.1 Å². The molecule has 0 spiro atoms. The van der Waals surface area contributed by atoms with Crippen molar-refractivity contribution >= 4 is 0 Å². The average molecular weight is 129 g/mol.